The van der Waals surface area contributed by atoms with Crippen LogP contribution in [0.25, 0.3) is 10.2 Å². The summed E-state index contributed by atoms with van der Waals surface area (Å²) in [5, 5.41) is 3.61. The van der Waals surface area contributed by atoms with Crippen LogP contribution in [0.5, 0.6) is 16.7 Å². The third-order valence-corrected chi connectivity index (χ3v) is 5.84. The Morgan fingerprint density at radius 3 is 2.62 bits per heavy atom. The first-order chi connectivity index (χ1) is 14.2. The average molecular weight is 413 g/mol. The van der Waals surface area contributed by atoms with Gasteiger partial charge in [0.2, 0.25) is 0 Å². The molecular formula is C21H23N3O4S. The van der Waals surface area contributed by atoms with E-state index in [0.29, 0.717) is 35.5 Å². The van der Waals surface area contributed by atoms with Crippen molar-refractivity contribution < 1.29 is 19.0 Å². The third kappa shape index (κ3) is 4.22. The third-order valence-electron chi connectivity index (χ3n) is 4.92. The zero-order valence-corrected chi connectivity index (χ0v) is 17.2. The lowest BCUT2D eigenvalue weighted by Gasteiger charge is -2.31. The van der Waals surface area contributed by atoms with E-state index in [-0.39, 0.29) is 12.1 Å². The highest BCUT2D eigenvalue weighted by Gasteiger charge is 2.25. The highest BCUT2D eigenvalue weighted by molar-refractivity contribution is 7.20. The fraction of sp³-hybridized carbons (Fsp3) is 0.333. The number of amides is 2. The Kier molecular flexibility index (Phi) is 5.71. The number of carbonyl (C=O) groups is 1. The summed E-state index contributed by atoms with van der Waals surface area (Å²) < 4.78 is 17.8. The topological polar surface area (TPSA) is 72.9 Å². The molecule has 0 saturated carbocycles. The molecule has 1 saturated heterocycles. The van der Waals surface area contributed by atoms with E-state index >= 15 is 0 Å². The lowest BCUT2D eigenvalue weighted by molar-refractivity contribution is 0.115. The first-order valence-electron chi connectivity index (χ1n) is 9.47. The molecule has 3 aromatic rings. The predicted molar refractivity (Wildman–Crippen MR) is 113 cm³/mol. The van der Waals surface area contributed by atoms with Crippen LogP contribution >= 0.6 is 11.3 Å². The van der Waals surface area contributed by atoms with Gasteiger partial charge in [0.25, 0.3) is 5.19 Å². The van der Waals surface area contributed by atoms with Crippen LogP contribution in [-0.2, 0) is 0 Å². The molecule has 1 aliphatic heterocycles. The number of likely N-dealkylation sites (tertiary alicyclic amines) is 1. The minimum Gasteiger partial charge on any atom is -0.493 e. The van der Waals surface area contributed by atoms with Crippen molar-refractivity contribution in [1.82, 2.24) is 9.88 Å². The zero-order chi connectivity index (χ0) is 20.2. The van der Waals surface area contributed by atoms with Gasteiger partial charge in [-0.1, -0.05) is 29.5 Å². The van der Waals surface area contributed by atoms with Gasteiger partial charge >= 0.3 is 6.03 Å². The normalized spacial score (nSPS) is 14.6. The number of hydrogen-bond donors (Lipinski definition) is 1. The average Bonchev–Trinajstić information content (AvgIpc) is 3.16. The van der Waals surface area contributed by atoms with Crippen LogP contribution in [0.2, 0.25) is 0 Å². The second-order valence-corrected chi connectivity index (χ2v) is 7.72. The van der Waals surface area contributed by atoms with E-state index in [1.807, 2.05) is 30.3 Å². The Bertz CT molecular complexity index is 966. The number of ether oxygens (including phenoxy) is 3. The number of hydrogen-bond acceptors (Lipinski definition) is 6. The van der Waals surface area contributed by atoms with Crippen molar-refractivity contribution in [2.24, 2.45) is 0 Å². The number of anilines is 1. The Labute approximate surface area is 173 Å². The first-order valence-corrected chi connectivity index (χ1v) is 10.3. The van der Waals surface area contributed by atoms with Crippen molar-refractivity contribution in [3.05, 3.63) is 42.5 Å². The minimum absolute atomic E-state index is 0.0611. The number of para-hydroxylation sites is 2. The first kappa shape index (κ1) is 19.3. The van der Waals surface area contributed by atoms with Crippen molar-refractivity contribution in [2.75, 3.05) is 32.6 Å². The number of thiazole rings is 1. The molecule has 2 heterocycles. The number of carbonyl (C=O) groups excluding carboxylic acids is 1. The van der Waals surface area contributed by atoms with E-state index in [2.05, 4.69) is 10.3 Å². The van der Waals surface area contributed by atoms with Crippen LogP contribution in [0.15, 0.2) is 42.5 Å². The van der Waals surface area contributed by atoms with Crippen LogP contribution < -0.4 is 19.5 Å². The highest BCUT2D eigenvalue weighted by Crippen LogP contribution is 2.35. The Balaban J connectivity index is 1.34. The molecule has 152 valence electrons. The molecule has 0 radical (unpaired) electrons. The molecule has 1 N–H and O–H groups in total. The van der Waals surface area contributed by atoms with E-state index < -0.39 is 0 Å². The van der Waals surface area contributed by atoms with Gasteiger partial charge in [-0.25, -0.2) is 9.78 Å². The number of benzene rings is 2. The number of fused-ring (bicyclic) bond motifs is 1. The van der Waals surface area contributed by atoms with E-state index in [4.69, 9.17) is 14.2 Å². The summed E-state index contributed by atoms with van der Waals surface area (Å²) in [5.74, 6) is 1.09. The maximum Gasteiger partial charge on any atom is 0.321 e. The zero-order valence-electron chi connectivity index (χ0n) is 16.4. The maximum atomic E-state index is 12.7. The molecule has 0 atom stereocenters. The Morgan fingerprint density at radius 1 is 1.10 bits per heavy atom. The molecule has 1 aliphatic rings. The molecule has 8 heteroatoms. The van der Waals surface area contributed by atoms with Crippen molar-refractivity contribution in [2.45, 2.75) is 18.9 Å². The van der Waals surface area contributed by atoms with Gasteiger partial charge in [0.1, 0.15) is 6.10 Å². The summed E-state index contributed by atoms with van der Waals surface area (Å²) in [6.45, 7) is 1.24. The molecule has 7 nitrogen and oxygen atoms in total. The molecule has 1 aromatic heterocycles. The second kappa shape index (κ2) is 8.57. The lowest BCUT2D eigenvalue weighted by atomic mass is 10.1. The number of methoxy groups -OCH3 is 2. The van der Waals surface area contributed by atoms with Crippen LogP contribution in [0.4, 0.5) is 10.5 Å². The molecule has 2 amide bonds. The number of nitrogens with one attached hydrogen (secondary N) is 1. The van der Waals surface area contributed by atoms with Gasteiger partial charge in [-0.05, 0) is 24.3 Å². The molecule has 0 bridgehead atoms. The molecule has 1 fully saturated rings. The molecule has 0 spiro atoms. The van der Waals surface area contributed by atoms with Crippen molar-refractivity contribution in [1.29, 1.82) is 0 Å². The van der Waals surface area contributed by atoms with Gasteiger partial charge < -0.3 is 24.4 Å². The smallest absolute Gasteiger partial charge is 0.321 e. The number of aromatic nitrogens is 1. The summed E-state index contributed by atoms with van der Waals surface area (Å²) in [6.07, 6.45) is 1.59. The van der Waals surface area contributed by atoms with Crippen LogP contribution in [0.1, 0.15) is 12.8 Å². The molecule has 2 aromatic carbocycles. The molecule has 4 rings (SSSR count). The van der Waals surface area contributed by atoms with Crippen molar-refractivity contribution >= 4 is 33.3 Å². The van der Waals surface area contributed by atoms with E-state index in [1.54, 1.807) is 42.6 Å². The minimum atomic E-state index is -0.157. The van der Waals surface area contributed by atoms with E-state index in [0.717, 1.165) is 23.1 Å². The highest BCUT2D eigenvalue weighted by atomic mass is 32.1. The number of piperidine rings is 1. The van der Waals surface area contributed by atoms with Gasteiger partial charge in [0, 0.05) is 25.9 Å². The molecule has 0 aliphatic carbocycles. The number of rotatable bonds is 5. The monoisotopic (exact) mass is 413 g/mol. The molecule has 0 unspecified atom stereocenters. The summed E-state index contributed by atoms with van der Waals surface area (Å²) in [7, 11) is 3.12. The lowest BCUT2D eigenvalue weighted by Crippen LogP contribution is -2.43. The Hall–Kier alpha value is -3.00. The van der Waals surface area contributed by atoms with Gasteiger partial charge in [-0.3, -0.25) is 0 Å². The summed E-state index contributed by atoms with van der Waals surface area (Å²) >= 11 is 1.56. The van der Waals surface area contributed by atoms with E-state index in [9.17, 15) is 4.79 Å². The predicted octanol–water partition coefficient (Wildman–Crippen LogP) is 4.39. The van der Waals surface area contributed by atoms with Gasteiger partial charge in [0.05, 0.1) is 30.1 Å². The standard InChI is InChI=1S/C21H23N3O4S/c1-26-17-8-5-7-16(19(17)27-2)22-20(25)24-12-10-14(11-13-24)28-21-23-15-6-3-4-9-18(15)29-21/h3-9,14H,10-13H2,1-2H3,(H,22,25). The molecular weight excluding hydrogens is 390 g/mol. The van der Waals surface area contributed by atoms with Gasteiger partial charge in [0.15, 0.2) is 11.5 Å². The fourth-order valence-electron chi connectivity index (χ4n) is 3.40. The van der Waals surface area contributed by atoms with Crippen molar-refractivity contribution in [3.63, 3.8) is 0 Å². The summed E-state index contributed by atoms with van der Waals surface area (Å²) in [6, 6.07) is 13.2. The van der Waals surface area contributed by atoms with E-state index in [1.165, 1.54) is 0 Å². The van der Waals surface area contributed by atoms with Crippen LogP contribution in [-0.4, -0.2) is 49.3 Å². The number of nitrogens with zero attached hydrogens (tertiary/aromatic N) is 2. The number of urea groups is 1. The maximum absolute atomic E-state index is 12.7. The second-order valence-electron chi connectivity index (χ2n) is 6.72. The fourth-order valence-corrected chi connectivity index (χ4v) is 4.28. The summed E-state index contributed by atoms with van der Waals surface area (Å²) in [4.78, 5) is 19.0. The SMILES string of the molecule is COc1cccc(NC(=O)N2CCC(Oc3nc4ccccc4s3)CC2)c1OC. The van der Waals surface area contributed by atoms with Gasteiger partial charge in [-0.15, -0.1) is 0 Å². The van der Waals surface area contributed by atoms with Crippen LogP contribution in [0, 0.1) is 0 Å². The quantitative estimate of drug-likeness (QED) is 0.672. The largest absolute Gasteiger partial charge is 0.493 e. The van der Waals surface area contributed by atoms with Crippen molar-refractivity contribution in [3.8, 4) is 16.7 Å². The Morgan fingerprint density at radius 2 is 1.90 bits per heavy atom. The van der Waals surface area contributed by atoms with Crippen LogP contribution in [0.3, 0.4) is 0 Å². The van der Waals surface area contributed by atoms with Gasteiger partial charge in [-0.2, -0.15) is 0 Å². The molecule has 29 heavy (non-hydrogen) atoms. The summed E-state index contributed by atoms with van der Waals surface area (Å²) in [5.41, 5.74) is 1.54.